The van der Waals surface area contributed by atoms with Gasteiger partial charge in [-0.2, -0.15) is 0 Å². The third-order valence-corrected chi connectivity index (χ3v) is 4.64. The number of nitrogens with zero attached hydrogens (tertiary/aromatic N) is 1. The number of hydrogen-bond donors (Lipinski definition) is 0. The first kappa shape index (κ1) is 12.5. The van der Waals surface area contributed by atoms with Crippen molar-refractivity contribution in [2.45, 2.75) is 31.2 Å². The smallest absolute Gasteiger partial charge is 0.135 e. The minimum absolute atomic E-state index is 0.0443. The molecular weight excluding hydrogens is 269 g/mol. The van der Waals surface area contributed by atoms with Gasteiger partial charge in [0.2, 0.25) is 0 Å². The number of carbonyl (C=O) groups is 1. The summed E-state index contributed by atoms with van der Waals surface area (Å²) in [7, 11) is 0. The standard InChI is InChI=1S/C14H15Cl2NO/c15-10-1-2-13(16)12(9-10)14(5-6-14)17-7-3-11(18)4-8-17/h1-2,9H,3-8H2. The van der Waals surface area contributed by atoms with Gasteiger partial charge in [-0.3, -0.25) is 9.69 Å². The lowest BCUT2D eigenvalue weighted by Gasteiger charge is -2.35. The van der Waals surface area contributed by atoms with Crippen LogP contribution in [0.15, 0.2) is 18.2 Å². The van der Waals surface area contributed by atoms with Crippen LogP contribution in [0.1, 0.15) is 31.2 Å². The Labute approximate surface area is 117 Å². The van der Waals surface area contributed by atoms with E-state index in [1.807, 2.05) is 18.2 Å². The molecule has 1 aromatic carbocycles. The molecule has 1 aromatic rings. The zero-order valence-electron chi connectivity index (χ0n) is 10.1. The van der Waals surface area contributed by atoms with E-state index < -0.39 is 0 Å². The Bertz CT molecular complexity index is 487. The number of likely N-dealkylation sites (tertiary alicyclic amines) is 1. The quantitative estimate of drug-likeness (QED) is 0.826. The second kappa shape index (κ2) is 4.52. The van der Waals surface area contributed by atoms with E-state index in [9.17, 15) is 4.79 Å². The number of rotatable bonds is 2. The van der Waals surface area contributed by atoms with E-state index in [2.05, 4.69) is 4.90 Å². The predicted octanol–water partition coefficient (Wildman–Crippen LogP) is 3.65. The van der Waals surface area contributed by atoms with Crippen molar-refractivity contribution < 1.29 is 4.79 Å². The highest BCUT2D eigenvalue weighted by Gasteiger charge is 2.50. The van der Waals surface area contributed by atoms with Gasteiger partial charge < -0.3 is 0 Å². The van der Waals surface area contributed by atoms with Gasteiger partial charge in [-0.25, -0.2) is 0 Å². The molecule has 1 saturated heterocycles. The molecule has 1 heterocycles. The van der Waals surface area contributed by atoms with Crippen LogP contribution in [-0.4, -0.2) is 23.8 Å². The van der Waals surface area contributed by atoms with Gasteiger partial charge in [-0.15, -0.1) is 0 Å². The molecule has 0 amide bonds. The Kier molecular flexibility index (Phi) is 3.13. The summed E-state index contributed by atoms with van der Waals surface area (Å²) < 4.78 is 0. The summed E-state index contributed by atoms with van der Waals surface area (Å²) in [5, 5.41) is 1.52. The molecule has 2 aliphatic rings. The van der Waals surface area contributed by atoms with Crippen molar-refractivity contribution in [1.82, 2.24) is 4.90 Å². The van der Waals surface area contributed by atoms with Crippen LogP contribution in [0.5, 0.6) is 0 Å². The number of benzene rings is 1. The molecule has 2 nitrogen and oxygen atoms in total. The SMILES string of the molecule is O=C1CCN(C2(c3cc(Cl)ccc3Cl)CC2)CC1. The lowest BCUT2D eigenvalue weighted by atomic mass is 9.99. The number of piperidine rings is 1. The molecule has 1 saturated carbocycles. The maximum atomic E-state index is 11.3. The molecule has 1 aliphatic heterocycles. The number of carbonyl (C=O) groups excluding carboxylic acids is 1. The molecule has 0 bridgehead atoms. The van der Waals surface area contributed by atoms with Crippen molar-refractivity contribution in [1.29, 1.82) is 0 Å². The Balaban J connectivity index is 1.90. The summed E-state index contributed by atoms with van der Waals surface area (Å²) in [5.41, 5.74) is 1.17. The highest BCUT2D eigenvalue weighted by Crippen LogP contribution is 2.53. The average molecular weight is 284 g/mol. The van der Waals surface area contributed by atoms with Gasteiger partial charge in [0.25, 0.3) is 0 Å². The van der Waals surface area contributed by atoms with Crippen molar-refractivity contribution in [2.24, 2.45) is 0 Å². The summed E-state index contributed by atoms with van der Waals surface area (Å²) >= 11 is 12.4. The lowest BCUT2D eigenvalue weighted by molar-refractivity contribution is -0.122. The Morgan fingerprint density at radius 1 is 1.11 bits per heavy atom. The predicted molar refractivity (Wildman–Crippen MR) is 73.2 cm³/mol. The first-order valence-corrected chi connectivity index (χ1v) is 7.10. The number of Topliss-reactive ketones (excluding diaryl/α,β-unsaturated/α-hetero) is 1. The fourth-order valence-corrected chi connectivity index (χ4v) is 3.38. The van der Waals surface area contributed by atoms with Gasteiger partial charge in [-0.1, -0.05) is 23.2 Å². The van der Waals surface area contributed by atoms with Crippen LogP contribution in [0.25, 0.3) is 0 Å². The third kappa shape index (κ3) is 2.07. The van der Waals surface area contributed by atoms with Crippen LogP contribution in [0, 0.1) is 0 Å². The van der Waals surface area contributed by atoms with Crippen molar-refractivity contribution in [3.05, 3.63) is 33.8 Å². The number of ketones is 1. The van der Waals surface area contributed by atoms with E-state index in [-0.39, 0.29) is 5.54 Å². The number of halogens is 2. The van der Waals surface area contributed by atoms with E-state index >= 15 is 0 Å². The highest BCUT2D eigenvalue weighted by atomic mass is 35.5. The molecule has 4 heteroatoms. The van der Waals surface area contributed by atoms with Crippen LogP contribution in [0.3, 0.4) is 0 Å². The summed E-state index contributed by atoms with van der Waals surface area (Å²) in [6.07, 6.45) is 3.56. The van der Waals surface area contributed by atoms with E-state index in [1.54, 1.807) is 0 Å². The van der Waals surface area contributed by atoms with Crippen molar-refractivity contribution in [3.63, 3.8) is 0 Å². The van der Waals surface area contributed by atoms with Crippen molar-refractivity contribution >= 4 is 29.0 Å². The molecule has 96 valence electrons. The third-order valence-electron chi connectivity index (χ3n) is 4.08. The molecule has 3 rings (SSSR count). The van der Waals surface area contributed by atoms with Crippen molar-refractivity contribution in [3.8, 4) is 0 Å². The fourth-order valence-electron chi connectivity index (χ4n) is 2.91. The molecule has 0 unspecified atom stereocenters. The van der Waals surface area contributed by atoms with Gasteiger partial charge in [0.15, 0.2) is 0 Å². The highest BCUT2D eigenvalue weighted by molar-refractivity contribution is 6.33. The van der Waals surface area contributed by atoms with Crippen LogP contribution >= 0.6 is 23.2 Å². The van der Waals surface area contributed by atoms with Gasteiger partial charge >= 0.3 is 0 Å². The van der Waals surface area contributed by atoms with Crippen molar-refractivity contribution in [2.75, 3.05) is 13.1 Å². The largest absolute Gasteiger partial charge is 0.300 e. The van der Waals surface area contributed by atoms with Crippen LogP contribution in [0.4, 0.5) is 0 Å². The second-order valence-corrected chi connectivity index (χ2v) is 6.03. The first-order chi connectivity index (χ1) is 8.62. The zero-order valence-corrected chi connectivity index (χ0v) is 11.6. The number of hydrogen-bond acceptors (Lipinski definition) is 2. The Morgan fingerprint density at radius 3 is 2.39 bits per heavy atom. The zero-order chi connectivity index (χ0) is 12.8. The Morgan fingerprint density at radius 2 is 1.78 bits per heavy atom. The molecule has 2 fully saturated rings. The molecule has 0 spiro atoms. The molecule has 0 radical (unpaired) electrons. The van der Waals surface area contributed by atoms with E-state index in [0.29, 0.717) is 18.6 Å². The molecule has 18 heavy (non-hydrogen) atoms. The molecule has 0 atom stereocenters. The van der Waals surface area contributed by atoms with Gasteiger partial charge in [0, 0.05) is 41.5 Å². The lowest BCUT2D eigenvalue weighted by Crippen LogP contribution is -2.41. The molecule has 0 N–H and O–H groups in total. The maximum absolute atomic E-state index is 11.3. The average Bonchev–Trinajstić information content (AvgIpc) is 3.14. The normalized spacial score (nSPS) is 23.1. The topological polar surface area (TPSA) is 20.3 Å². The minimum atomic E-state index is 0.0443. The molecule has 0 aromatic heterocycles. The van der Waals surface area contributed by atoms with Crippen LogP contribution in [-0.2, 0) is 10.3 Å². The van der Waals surface area contributed by atoms with Gasteiger partial charge in [-0.05, 0) is 36.6 Å². The van der Waals surface area contributed by atoms with E-state index in [0.717, 1.165) is 41.5 Å². The second-order valence-electron chi connectivity index (χ2n) is 5.18. The first-order valence-electron chi connectivity index (χ1n) is 6.34. The van der Waals surface area contributed by atoms with E-state index in [1.165, 1.54) is 0 Å². The summed E-state index contributed by atoms with van der Waals surface area (Å²) in [6.45, 7) is 1.70. The minimum Gasteiger partial charge on any atom is -0.300 e. The van der Waals surface area contributed by atoms with Crippen LogP contribution < -0.4 is 0 Å². The van der Waals surface area contributed by atoms with Gasteiger partial charge in [0.1, 0.15) is 5.78 Å². The fraction of sp³-hybridized carbons (Fsp3) is 0.500. The Hall–Kier alpha value is -0.570. The van der Waals surface area contributed by atoms with E-state index in [4.69, 9.17) is 23.2 Å². The maximum Gasteiger partial charge on any atom is 0.135 e. The molecule has 1 aliphatic carbocycles. The summed E-state index contributed by atoms with van der Waals surface area (Å²) in [5.74, 6) is 0.374. The van der Waals surface area contributed by atoms with Gasteiger partial charge in [0.05, 0.1) is 0 Å². The van der Waals surface area contributed by atoms with Crippen LogP contribution in [0.2, 0.25) is 10.0 Å². The monoisotopic (exact) mass is 283 g/mol. The summed E-state index contributed by atoms with van der Waals surface area (Å²) in [4.78, 5) is 13.7. The molecular formula is C14H15Cl2NO. The summed E-state index contributed by atoms with van der Waals surface area (Å²) in [6, 6.07) is 5.67.